The van der Waals surface area contributed by atoms with Gasteiger partial charge in [0.2, 0.25) is 5.91 Å². The predicted molar refractivity (Wildman–Crippen MR) is 129 cm³/mol. The quantitative estimate of drug-likeness (QED) is 0.382. The van der Waals surface area contributed by atoms with Crippen LogP contribution in [0.5, 0.6) is 0 Å². The van der Waals surface area contributed by atoms with Gasteiger partial charge in [0.15, 0.2) is 5.11 Å². The number of nitrogens with zero attached hydrogens (tertiary/aromatic N) is 4. The number of hydrogen-bond acceptors (Lipinski definition) is 5. The van der Waals surface area contributed by atoms with E-state index in [1.54, 1.807) is 13.1 Å². The van der Waals surface area contributed by atoms with Gasteiger partial charge in [0.25, 0.3) is 5.91 Å². The maximum absolute atomic E-state index is 13.1. The van der Waals surface area contributed by atoms with Gasteiger partial charge >= 0.3 is 5.97 Å². The summed E-state index contributed by atoms with van der Waals surface area (Å²) in [5.41, 5.74) is 1.98. The van der Waals surface area contributed by atoms with Gasteiger partial charge in [-0.25, -0.2) is 0 Å². The second-order valence-electron chi connectivity index (χ2n) is 8.50. The third-order valence-corrected chi connectivity index (χ3v) is 6.88. The van der Waals surface area contributed by atoms with Crippen molar-refractivity contribution in [3.63, 3.8) is 0 Å². The molecule has 33 heavy (non-hydrogen) atoms. The summed E-state index contributed by atoms with van der Waals surface area (Å²) in [4.78, 5) is 42.6. The Morgan fingerprint density at radius 2 is 1.97 bits per heavy atom. The van der Waals surface area contributed by atoms with Gasteiger partial charge in [0, 0.05) is 42.3 Å². The number of thiocarbonyl (C=S) groups is 1. The van der Waals surface area contributed by atoms with Gasteiger partial charge < -0.3 is 19.1 Å². The van der Waals surface area contributed by atoms with Gasteiger partial charge in [-0.3, -0.25) is 19.3 Å². The van der Waals surface area contributed by atoms with E-state index in [-0.39, 0.29) is 36.1 Å². The molecule has 8 nitrogen and oxygen atoms in total. The molecule has 1 atom stereocenters. The summed E-state index contributed by atoms with van der Waals surface area (Å²) in [6.45, 7) is 2.96. The highest BCUT2D eigenvalue weighted by atomic mass is 32.1. The zero-order valence-corrected chi connectivity index (χ0v) is 19.9. The molecule has 0 aliphatic carbocycles. The highest BCUT2D eigenvalue weighted by Crippen LogP contribution is 2.28. The predicted octanol–water partition coefficient (Wildman–Crippen LogP) is 2.62. The van der Waals surface area contributed by atoms with Crippen molar-refractivity contribution in [2.24, 2.45) is 0 Å². The number of likely N-dealkylation sites (N-methyl/N-ethyl adjacent to an activating group) is 1. The van der Waals surface area contributed by atoms with E-state index < -0.39 is 5.97 Å². The summed E-state index contributed by atoms with van der Waals surface area (Å²) in [7, 11) is 2.88. The van der Waals surface area contributed by atoms with Crippen LogP contribution in [0.4, 0.5) is 0 Å². The SMILES string of the molecule is COC(=O)CN1C(=S)N(C)C(=O)/C1=C/c1cn(CC(=O)N2CCCC[C@@H]2C)c2ccccc12. The van der Waals surface area contributed by atoms with Crippen LogP contribution in [0, 0.1) is 0 Å². The molecule has 9 heteroatoms. The fourth-order valence-corrected chi connectivity index (χ4v) is 4.76. The molecule has 0 unspecified atom stereocenters. The van der Waals surface area contributed by atoms with Crippen LogP contribution in [0.25, 0.3) is 17.0 Å². The zero-order chi connectivity index (χ0) is 23.7. The number of piperidine rings is 1. The van der Waals surface area contributed by atoms with E-state index in [4.69, 9.17) is 17.0 Å². The molecule has 3 heterocycles. The van der Waals surface area contributed by atoms with Crippen LogP contribution in [-0.2, 0) is 25.7 Å². The fourth-order valence-electron chi connectivity index (χ4n) is 4.52. The third kappa shape index (κ3) is 4.37. The maximum Gasteiger partial charge on any atom is 0.325 e. The van der Waals surface area contributed by atoms with Crippen LogP contribution in [-0.4, -0.2) is 75.5 Å². The minimum atomic E-state index is -0.491. The van der Waals surface area contributed by atoms with Crippen molar-refractivity contribution in [3.05, 3.63) is 41.7 Å². The normalized spacial score (nSPS) is 20.3. The molecule has 174 valence electrons. The molecule has 4 rings (SSSR count). The molecule has 2 aliphatic heterocycles. The lowest BCUT2D eigenvalue weighted by atomic mass is 10.0. The van der Waals surface area contributed by atoms with Gasteiger partial charge in [-0.05, 0) is 50.5 Å². The number of hydrogen-bond donors (Lipinski definition) is 0. The number of ether oxygens (including phenoxy) is 1. The molecule has 0 radical (unpaired) electrons. The first kappa shape index (κ1) is 23.0. The van der Waals surface area contributed by atoms with E-state index >= 15 is 0 Å². The van der Waals surface area contributed by atoms with Gasteiger partial charge in [0.05, 0.1) is 7.11 Å². The number of esters is 1. The average molecular weight is 469 g/mol. The smallest absolute Gasteiger partial charge is 0.325 e. The van der Waals surface area contributed by atoms with Gasteiger partial charge in [-0.1, -0.05) is 18.2 Å². The topological polar surface area (TPSA) is 75.1 Å². The second-order valence-corrected chi connectivity index (χ2v) is 8.87. The van der Waals surface area contributed by atoms with Crippen LogP contribution in [0.1, 0.15) is 31.7 Å². The summed E-state index contributed by atoms with van der Waals surface area (Å²) in [5.74, 6) is -0.693. The van der Waals surface area contributed by atoms with Crippen LogP contribution >= 0.6 is 12.2 Å². The Balaban J connectivity index is 1.70. The number of methoxy groups -OCH3 is 1. The lowest BCUT2D eigenvalue weighted by molar-refractivity contribution is -0.140. The number of fused-ring (bicyclic) bond motifs is 1. The van der Waals surface area contributed by atoms with Crippen molar-refractivity contribution in [2.75, 3.05) is 27.2 Å². The molecule has 1 aromatic heterocycles. The third-order valence-electron chi connectivity index (χ3n) is 6.39. The minimum Gasteiger partial charge on any atom is -0.468 e. The van der Waals surface area contributed by atoms with Crippen molar-refractivity contribution in [2.45, 2.75) is 38.8 Å². The lowest BCUT2D eigenvalue weighted by Crippen LogP contribution is -2.43. The van der Waals surface area contributed by atoms with E-state index in [1.165, 1.54) is 16.9 Å². The average Bonchev–Trinajstić information content (AvgIpc) is 3.25. The van der Waals surface area contributed by atoms with E-state index in [2.05, 4.69) is 6.92 Å². The first-order valence-electron chi connectivity index (χ1n) is 11.1. The zero-order valence-electron chi connectivity index (χ0n) is 19.1. The summed E-state index contributed by atoms with van der Waals surface area (Å²) < 4.78 is 6.70. The monoisotopic (exact) mass is 468 g/mol. The Bertz CT molecular complexity index is 1150. The number of carbonyl (C=O) groups is 3. The lowest BCUT2D eigenvalue weighted by Gasteiger charge is -2.33. The number of para-hydroxylation sites is 1. The van der Waals surface area contributed by atoms with E-state index in [0.717, 1.165) is 42.3 Å². The summed E-state index contributed by atoms with van der Waals surface area (Å²) in [6.07, 6.45) is 6.83. The van der Waals surface area contributed by atoms with Gasteiger partial charge in [0.1, 0.15) is 18.8 Å². The van der Waals surface area contributed by atoms with Crippen LogP contribution < -0.4 is 0 Å². The van der Waals surface area contributed by atoms with Crippen molar-refractivity contribution < 1.29 is 19.1 Å². The van der Waals surface area contributed by atoms with Crippen LogP contribution in [0.15, 0.2) is 36.2 Å². The fraction of sp³-hybridized carbons (Fsp3) is 0.417. The van der Waals surface area contributed by atoms with Gasteiger partial charge in [-0.15, -0.1) is 0 Å². The van der Waals surface area contributed by atoms with Gasteiger partial charge in [-0.2, -0.15) is 0 Å². The summed E-state index contributed by atoms with van der Waals surface area (Å²) >= 11 is 5.37. The number of rotatable bonds is 5. The van der Waals surface area contributed by atoms with Crippen molar-refractivity contribution in [1.29, 1.82) is 0 Å². The van der Waals surface area contributed by atoms with Crippen LogP contribution in [0.2, 0.25) is 0 Å². The molecule has 2 fully saturated rings. The van der Waals surface area contributed by atoms with Crippen molar-refractivity contribution >= 4 is 52.1 Å². The minimum absolute atomic E-state index is 0.0901. The molecular weight excluding hydrogens is 440 g/mol. The van der Waals surface area contributed by atoms with E-state index in [1.807, 2.05) is 39.9 Å². The summed E-state index contributed by atoms with van der Waals surface area (Å²) in [6, 6.07) is 8.01. The summed E-state index contributed by atoms with van der Waals surface area (Å²) in [5, 5.41) is 1.16. The Hall–Kier alpha value is -3.20. The Labute approximate surface area is 198 Å². The molecule has 0 bridgehead atoms. The highest BCUT2D eigenvalue weighted by Gasteiger charge is 2.37. The van der Waals surface area contributed by atoms with Crippen LogP contribution in [0.3, 0.4) is 0 Å². The number of aromatic nitrogens is 1. The number of benzene rings is 1. The maximum atomic E-state index is 13.1. The molecule has 2 aliphatic rings. The second kappa shape index (κ2) is 9.35. The molecule has 2 aromatic rings. The molecule has 0 saturated carbocycles. The largest absolute Gasteiger partial charge is 0.468 e. The highest BCUT2D eigenvalue weighted by molar-refractivity contribution is 7.80. The Morgan fingerprint density at radius 1 is 1.21 bits per heavy atom. The number of amides is 2. The number of likely N-dealkylation sites (tertiary alicyclic amines) is 1. The molecule has 1 aromatic carbocycles. The standard InChI is InChI=1S/C24H28N4O4S/c1-16-8-6-7-11-27(16)21(29)14-26-13-17(18-9-4-5-10-19(18)26)12-20-23(31)25(2)24(33)28(20)15-22(30)32-3/h4-5,9-10,12-13,16H,6-8,11,14-15H2,1-3H3/b20-12-/t16-/m0/s1. The molecule has 2 saturated heterocycles. The Kier molecular flexibility index (Phi) is 6.51. The van der Waals surface area contributed by atoms with E-state index in [0.29, 0.717) is 5.70 Å². The molecule has 0 N–H and O–H groups in total. The van der Waals surface area contributed by atoms with E-state index in [9.17, 15) is 14.4 Å². The molecule has 2 amide bonds. The molecule has 0 spiro atoms. The molecular formula is C24H28N4O4S. The van der Waals surface area contributed by atoms with Crippen molar-refractivity contribution in [1.82, 2.24) is 19.3 Å². The number of carbonyl (C=O) groups excluding carboxylic acids is 3. The van der Waals surface area contributed by atoms with Crippen molar-refractivity contribution in [3.8, 4) is 0 Å². The Morgan fingerprint density at radius 3 is 2.70 bits per heavy atom. The first-order chi connectivity index (χ1) is 15.8. The first-order valence-corrected chi connectivity index (χ1v) is 11.5.